The van der Waals surface area contributed by atoms with Crippen LogP contribution >= 0.6 is 0 Å². The van der Waals surface area contributed by atoms with Gasteiger partial charge in [0.25, 0.3) is 0 Å². The summed E-state index contributed by atoms with van der Waals surface area (Å²) in [5.74, 6) is 2.21. The van der Waals surface area contributed by atoms with Gasteiger partial charge < -0.3 is 24.4 Å². The van der Waals surface area contributed by atoms with Gasteiger partial charge in [0.1, 0.15) is 5.75 Å². The van der Waals surface area contributed by atoms with Gasteiger partial charge >= 0.3 is 0 Å². The van der Waals surface area contributed by atoms with E-state index < -0.39 is 0 Å². The molecule has 2 aromatic rings. The smallest absolute Gasteiger partial charge is 0.231 e. The summed E-state index contributed by atoms with van der Waals surface area (Å²) in [5.41, 5.74) is 1.82. The maximum absolute atomic E-state index is 12.6. The lowest BCUT2D eigenvalue weighted by Gasteiger charge is -2.31. The zero-order valence-corrected chi connectivity index (χ0v) is 17.8. The molecule has 0 aliphatic carbocycles. The van der Waals surface area contributed by atoms with Crippen molar-refractivity contribution in [2.75, 3.05) is 31.8 Å². The number of hydrogen-bond donors (Lipinski definition) is 1. The first-order chi connectivity index (χ1) is 15.1. The molecule has 0 spiro atoms. The molecule has 1 N–H and O–H groups in total. The zero-order chi connectivity index (χ0) is 21.6. The van der Waals surface area contributed by atoms with Gasteiger partial charge in [-0.1, -0.05) is 12.1 Å². The number of anilines is 1. The molecule has 0 unspecified atom stereocenters. The fourth-order valence-electron chi connectivity index (χ4n) is 3.94. The average molecular weight is 424 g/mol. The second-order valence-electron chi connectivity index (χ2n) is 7.79. The van der Waals surface area contributed by atoms with Crippen molar-refractivity contribution in [3.8, 4) is 17.2 Å². The minimum atomic E-state index is -0.0967. The van der Waals surface area contributed by atoms with E-state index >= 15 is 0 Å². The van der Waals surface area contributed by atoms with Crippen molar-refractivity contribution in [2.24, 2.45) is 5.92 Å². The van der Waals surface area contributed by atoms with Crippen LogP contribution in [0.15, 0.2) is 42.5 Å². The average Bonchev–Trinajstić information content (AvgIpc) is 3.26. The number of carbonyl (C=O) groups excluding carboxylic acids is 2. The fourth-order valence-corrected chi connectivity index (χ4v) is 3.94. The van der Waals surface area contributed by atoms with E-state index in [0.29, 0.717) is 62.6 Å². The zero-order valence-electron chi connectivity index (χ0n) is 17.8. The number of ether oxygens (including phenoxy) is 3. The summed E-state index contributed by atoms with van der Waals surface area (Å²) in [7, 11) is 0. The third kappa shape index (κ3) is 5.29. The third-order valence-electron chi connectivity index (χ3n) is 5.72. The largest absolute Gasteiger partial charge is 0.494 e. The lowest BCUT2D eigenvalue weighted by atomic mass is 9.95. The van der Waals surface area contributed by atoms with Crippen molar-refractivity contribution in [3.63, 3.8) is 0 Å². The number of nitrogens with one attached hydrogen (secondary N) is 1. The van der Waals surface area contributed by atoms with Crippen LogP contribution in [0.25, 0.3) is 0 Å². The second-order valence-corrected chi connectivity index (χ2v) is 7.79. The number of amides is 2. The summed E-state index contributed by atoms with van der Waals surface area (Å²) in [6, 6.07) is 13.3. The number of nitrogens with zero attached hydrogens (tertiary/aromatic N) is 1. The lowest BCUT2D eigenvalue weighted by Crippen LogP contribution is -2.41. The highest BCUT2D eigenvalue weighted by molar-refractivity contribution is 5.93. The lowest BCUT2D eigenvalue weighted by molar-refractivity contribution is -0.134. The molecular formula is C24H28N2O5. The number of rotatable bonds is 7. The molecule has 0 bridgehead atoms. The van der Waals surface area contributed by atoms with Crippen LogP contribution in [-0.4, -0.2) is 43.2 Å². The van der Waals surface area contributed by atoms with Gasteiger partial charge in [0.15, 0.2) is 11.5 Å². The van der Waals surface area contributed by atoms with Gasteiger partial charge in [-0.15, -0.1) is 0 Å². The highest BCUT2D eigenvalue weighted by Crippen LogP contribution is 2.34. The van der Waals surface area contributed by atoms with Crippen LogP contribution < -0.4 is 19.5 Å². The summed E-state index contributed by atoms with van der Waals surface area (Å²) in [6.07, 6.45) is 2.52. The molecule has 0 aromatic heterocycles. The highest BCUT2D eigenvalue weighted by atomic mass is 16.7. The first-order valence-corrected chi connectivity index (χ1v) is 10.8. The Kier molecular flexibility index (Phi) is 6.60. The van der Waals surface area contributed by atoms with Crippen LogP contribution in [0.4, 0.5) is 5.69 Å². The summed E-state index contributed by atoms with van der Waals surface area (Å²) < 4.78 is 16.1. The van der Waals surface area contributed by atoms with Gasteiger partial charge in [-0.25, -0.2) is 0 Å². The Balaban J connectivity index is 1.21. The molecule has 164 valence electrons. The minimum absolute atomic E-state index is 0.0136. The molecule has 2 aliphatic heterocycles. The van der Waals surface area contributed by atoms with E-state index in [0.717, 1.165) is 11.3 Å². The van der Waals surface area contributed by atoms with Crippen molar-refractivity contribution in [2.45, 2.75) is 32.6 Å². The molecule has 0 atom stereocenters. The van der Waals surface area contributed by atoms with Crippen molar-refractivity contribution < 1.29 is 23.8 Å². The van der Waals surface area contributed by atoms with Gasteiger partial charge in [0.2, 0.25) is 18.6 Å². The van der Waals surface area contributed by atoms with E-state index in [-0.39, 0.29) is 24.5 Å². The second kappa shape index (κ2) is 9.73. The van der Waals surface area contributed by atoms with Gasteiger partial charge in [-0.2, -0.15) is 0 Å². The predicted molar refractivity (Wildman–Crippen MR) is 116 cm³/mol. The topological polar surface area (TPSA) is 77.1 Å². The Morgan fingerprint density at radius 3 is 2.55 bits per heavy atom. The SMILES string of the molecule is CCOc1ccc(CCC(=O)N2CCC(C(=O)Nc3ccc4c(c3)OCO4)CC2)cc1. The molecule has 1 fully saturated rings. The first-order valence-electron chi connectivity index (χ1n) is 10.8. The van der Waals surface area contributed by atoms with Crippen molar-refractivity contribution >= 4 is 17.5 Å². The molecule has 2 amide bonds. The maximum atomic E-state index is 12.6. The molecule has 4 rings (SSSR count). The predicted octanol–water partition coefficient (Wildman–Crippen LogP) is 3.62. The summed E-state index contributed by atoms with van der Waals surface area (Å²) in [4.78, 5) is 27.1. The molecule has 0 radical (unpaired) electrons. The molecule has 7 nitrogen and oxygen atoms in total. The molecule has 2 aliphatic rings. The van der Waals surface area contributed by atoms with Gasteiger partial charge in [-0.3, -0.25) is 9.59 Å². The van der Waals surface area contributed by atoms with Crippen molar-refractivity contribution in [1.29, 1.82) is 0 Å². The van der Waals surface area contributed by atoms with E-state index in [4.69, 9.17) is 14.2 Å². The normalized spacial score (nSPS) is 15.6. The van der Waals surface area contributed by atoms with Crippen LogP contribution in [0.1, 0.15) is 31.7 Å². The molecule has 0 saturated carbocycles. The fraction of sp³-hybridized carbons (Fsp3) is 0.417. The Morgan fingerprint density at radius 2 is 1.81 bits per heavy atom. The van der Waals surface area contributed by atoms with Crippen LogP contribution in [-0.2, 0) is 16.0 Å². The number of fused-ring (bicyclic) bond motifs is 1. The van der Waals surface area contributed by atoms with Crippen molar-refractivity contribution in [1.82, 2.24) is 4.90 Å². The summed E-state index contributed by atoms with van der Waals surface area (Å²) in [5, 5.41) is 2.96. The van der Waals surface area contributed by atoms with Gasteiger partial charge in [0.05, 0.1) is 6.61 Å². The Morgan fingerprint density at radius 1 is 1.06 bits per heavy atom. The number of piperidine rings is 1. The number of aryl methyl sites for hydroxylation is 1. The summed E-state index contributed by atoms with van der Waals surface area (Å²) >= 11 is 0. The quantitative estimate of drug-likeness (QED) is 0.735. The number of benzene rings is 2. The number of carbonyl (C=O) groups is 2. The summed E-state index contributed by atoms with van der Waals surface area (Å²) in [6.45, 7) is 4.03. The Labute approximate surface area is 182 Å². The monoisotopic (exact) mass is 424 g/mol. The number of likely N-dealkylation sites (tertiary alicyclic amines) is 1. The van der Waals surface area contributed by atoms with Gasteiger partial charge in [0, 0.05) is 37.2 Å². The highest BCUT2D eigenvalue weighted by Gasteiger charge is 2.27. The molecular weight excluding hydrogens is 396 g/mol. The third-order valence-corrected chi connectivity index (χ3v) is 5.72. The van der Waals surface area contributed by atoms with Crippen molar-refractivity contribution in [3.05, 3.63) is 48.0 Å². The number of hydrogen-bond acceptors (Lipinski definition) is 5. The van der Waals surface area contributed by atoms with E-state index in [1.807, 2.05) is 42.2 Å². The van der Waals surface area contributed by atoms with Crippen LogP contribution in [0.5, 0.6) is 17.2 Å². The van der Waals surface area contributed by atoms with Crippen LogP contribution in [0, 0.1) is 5.92 Å². The van der Waals surface area contributed by atoms with E-state index in [1.54, 1.807) is 12.1 Å². The van der Waals surface area contributed by atoms with Crippen LogP contribution in [0.3, 0.4) is 0 Å². The maximum Gasteiger partial charge on any atom is 0.231 e. The standard InChI is InChI=1S/C24H28N2O5/c1-2-29-20-7-3-17(4-8-20)5-10-23(27)26-13-11-18(12-14-26)24(28)25-19-6-9-21-22(15-19)31-16-30-21/h3-4,6-9,15,18H,2,5,10-14,16H2,1H3,(H,25,28). The van der Waals surface area contributed by atoms with E-state index in [9.17, 15) is 9.59 Å². The Bertz CT molecular complexity index is 920. The Hall–Kier alpha value is -3.22. The molecule has 31 heavy (non-hydrogen) atoms. The van der Waals surface area contributed by atoms with E-state index in [1.165, 1.54) is 0 Å². The van der Waals surface area contributed by atoms with E-state index in [2.05, 4.69) is 5.32 Å². The van der Waals surface area contributed by atoms with Gasteiger partial charge in [-0.05, 0) is 56.0 Å². The molecule has 2 aromatic carbocycles. The first kappa shape index (κ1) is 21.0. The minimum Gasteiger partial charge on any atom is -0.494 e. The molecule has 1 saturated heterocycles. The molecule has 2 heterocycles. The molecule has 7 heteroatoms. The van der Waals surface area contributed by atoms with Crippen LogP contribution in [0.2, 0.25) is 0 Å².